The van der Waals surface area contributed by atoms with Gasteiger partial charge >= 0.3 is 6.03 Å². The molecular formula is C16H19N5O3. The van der Waals surface area contributed by atoms with Crippen LogP contribution >= 0.6 is 0 Å². The van der Waals surface area contributed by atoms with Crippen LogP contribution in [0.15, 0.2) is 24.3 Å². The van der Waals surface area contributed by atoms with Crippen LogP contribution in [-0.4, -0.2) is 40.4 Å². The molecule has 4 amide bonds. The minimum absolute atomic E-state index is 0.149. The number of hydrogen-bond acceptors (Lipinski definition) is 4. The van der Waals surface area contributed by atoms with Crippen LogP contribution in [0, 0.1) is 0 Å². The average molecular weight is 329 g/mol. The number of amides is 4. The number of aromatic amines is 1. The van der Waals surface area contributed by atoms with Crippen molar-refractivity contribution in [3.8, 4) is 0 Å². The molecule has 24 heavy (non-hydrogen) atoms. The summed E-state index contributed by atoms with van der Waals surface area (Å²) in [4.78, 5) is 42.4. The van der Waals surface area contributed by atoms with Crippen molar-refractivity contribution in [3.05, 3.63) is 30.1 Å². The molecule has 1 saturated heterocycles. The second-order valence-electron chi connectivity index (χ2n) is 5.71. The molecule has 1 aromatic carbocycles. The number of benzene rings is 1. The van der Waals surface area contributed by atoms with Crippen LogP contribution in [0.2, 0.25) is 0 Å². The summed E-state index contributed by atoms with van der Waals surface area (Å²) < 4.78 is 0. The summed E-state index contributed by atoms with van der Waals surface area (Å²) >= 11 is 0. The van der Waals surface area contributed by atoms with Gasteiger partial charge in [0, 0.05) is 19.4 Å². The molecule has 1 fully saturated rings. The minimum Gasteiger partial charge on any atom is -0.354 e. The van der Waals surface area contributed by atoms with Crippen molar-refractivity contribution >= 4 is 28.9 Å². The zero-order valence-corrected chi connectivity index (χ0v) is 13.1. The summed E-state index contributed by atoms with van der Waals surface area (Å²) in [6, 6.07) is 6.50. The maximum atomic E-state index is 12.1. The zero-order valence-electron chi connectivity index (χ0n) is 13.1. The standard InChI is InChI=1S/C16H19N5O3/c22-14-8-7-12(20-16(24)21-14)15(23)17-9-3-6-13-18-10-4-1-2-5-11(10)19-13/h1-2,4-5,12H,3,6-9H2,(H,17,23)(H,18,19)(H2,20,21,22,24)/t12-/m1/s1. The van der Waals surface area contributed by atoms with Gasteiger partial charge in [0.15, 0.2) is 0 Å². The lowest BCUT2D eigenvalue weighted by atomic mass is 10.1. The molecule has 8 nitrogen and oxygen atoms in total. The number of H-pyrrole nitrogens is 1. The van der Waals surface area contributed by atoms with Crippen LogP contribution in [-0.2, 0) is 16.0 Å². The Labute approximate surface area is 138 Å². The fourth-order valence-electron chi connectivity index (χ4n) is 2.64. The lowest BCUT2D eigenvalue weighted by Crippen LogP contribution is -2.48. The Kier molecular flexibility index (Phi) is 4.74. The van der Waals surface area contributed by atoms with Crippen LogP contribution in [0.25, 0.3) is 11.0 Å². The highest BCUT2D eigenvalue weighted by Gasteiger charge is 2.25. The third kappa shape index (κ3) is 3.89. The van der Waals surface area contributed by atoms with E-state index in [4.69, 9.17) is 0 Å². The molecule has 0 saturated carbocycles. The lowest BCUT2D eigenvalue weighted by Gasteiger charge is -2.14. The normalized spacial score (nSPS) is 17.9. The largest absolute Gasteiger partial charge is 0.354 e. The van der Waals surface area contributed by atoms with E-state index in [1.165, 1.54) is 0 Å². The van der Waals surface area contributed by atoms with Gasteiger partial charge in [-0.3, -0.25) is 14.9 Å². The number of hydrogen-bond donors (Lipinski definition) is 4. The second kappa shape index (κ2) is 7.12. The number of aryl methyl sites for hydroxylation is 1. The van der Waals surface area contributed by atoms with Gasteiger partial charge in [-0.1, -0.05) is 12.1 Å². The van der Waals surface area contributed by atoms with Crippen molar-refractivity contribution in [1.29, 1.82) is 0 Å². The zero-order chi connectivity index (χ0) is 16.9. The monoisotopic (exact) mass is 329 g/mol. The van der Waals surface area contributed by atoms with E-state index in [1.807, 2.05) is 24.3 Å². The number of nitrogens with zero attached hydrogens (tertiary/aromatic N) is 1. The van der Waals surface area contributed by atoms with Crippen molar-refractivity contribution < 1.29 is 14.4 Å². The van der Waals surface area contributed by atoms with E-state index < -0.39 is 12.1 Å². The van der Waals surface area contributed by atoms with Gasteiger partial charge in [0.2, 0.25) is 11.8 Å². The maximum Gasteiger partial charge on any atom is 0.322 e. The molecule has 0 spiro atoms. The third-order valence-electron chi connectivity index (χ3n) is 3.86. The fraction of sp³-hybridized carbons (Fsp3) is 0.375. The number of carbonyl (C=O) groups excluding carboxylic acids is 3. The molecule has 2 aromatic rings. The number of aromatic nitrogens is 2. The smallest absolute Gasteiger partial charge is 0.322 e. The molecule has 4 N–H and O–H groups in total. The molecular weight excluding hydrogens is 310 g/mol. The first kappa shape index (κ1) is 16.0. The van der Waals surface area contributed by atoms with Gasteiger partial charge in [0.1, 0.15) is 11.9 Å². The van der Waals surface area contributed by atoms with Gasteiger partial charge in [-0.15, -0.1) is 0 Å². The van der Waals surface area contributed by atoms with Crippen molar-refractivity contribution in [2.24, 2.45) is 0 Å². The first-order chi connectivity index (χ1) is 11.6. The molecule has 0 radical (unpaired) electrons. The predicted molar refractivity (Wildman–Crippen MR) is 87.1 cm³/mol. The summed E-state index contributed by atoms with van der Waals surface area (Å²) in [6.45, 7) is 0.476. The number of carbonyl (C=O) groups is 3. The molecule has 1 aromatic heterocycles. The van der Waals surface area contributed by atoms with E-state index in [-0.39, 0.29) is 18.2 Å². The number of nitrogens with one attached hydrogen (secondary N) is 4. The number of fused-ring (bicyclic) bond motifs is 1. The SMILES string of the molecule is O=C1CC[C@H](C(=O)NCCCc2nc3ccccc3[nH]2)NC(=O)N1. The van der Waals surface area contributed by atoms with Gasteiger partial charge < -0.3 is 15.6 Å². The molecule has 1 atom stereocenters. The first-order valence-corrected chi connectivity index (χ1v) is 7.93. The molecule has 8 heteroatoms. The molecule has 0 aliphatic carbocycles. The van der Waals surface area contributed by atoms with Crippen LogP contribution in [0.1, 0.15) is 25.1 Å². The molecule has 2 heterocycles. The molecule has 1 aliphatic heterocycles. The Morgan fingerprint density at radius 2 is 2.12 bits per heavy atom. The molecule has 0 bridgehead atoms. The quantitative estimate of drug-likeness (QED) is 0.601. The van der Waals surface area contributed by atoms with Crippen LogP contribution in [0.5, 0.6) is 0 Å². The van der Waals surface area contributed by atoms with Gasteiger partial charge in [0.25, 0.3) is 0 Å². The van der Waals surface area contributed by atoms with Gasteiger partial charge in [-0.25, -0.2) is 9.78 Å². The van der Waals surface area contributed by atoms with E-state index in [0.29, 0.717) is 19.4 Å². The highest BCUT2D eigenvalue weighted by atomic mass is 16.2. The Morgan fingerprint density at radius 1 is 1.29 bits per heavy atom. The average Bonchev–Trinajstić information content (AvgIpc) is 2.89. The highest BCUT2D eigenvalue weighted by molar-refractivity contribution is 5.98. The van der Waals surface area contributed by atoms with Crippen molar-refractivity contribution in [2.75, 3.05) is 6.54 Å². The minimum atomic E-state index is -0.678. The van der Waals surface area contributed by atoms with Gasteiger partial charge in [-0.05, 0) is 25.0 Å². The summed E-state index contributed by atoms with van der Waals surface area (Å²) in [5.74, 6) is 0.236. The predicted octanol–water partition coefficient (Wildman–Crippen LogP) is 0.600. The number of imidazole rings is 1. The second-order valence-corrected chi connectivity index (χ2v) is 5.71. The maximum absolute atomic E-state index is 12.1. The summed E-state index contributed by atoms with van der Waals surface area (Å²) in [7, 11) is 0. The first-order valence-electron chi connectivity index (χ1n) is 7.93. The molecule has 1 aliphatic rings. The van der Waals surface area contributed by atoms with Crippen LogP contribution in [0.4, 0.5) is 4.79 Å². The summed E-state index contributed by atoms with van der Waals surface area (Å²) in [5, 5.41) is 7.42. The number of para-hydroxylation sites is 2. The molecule has 0 unspecified atom stereocenters. The Bertz CT molecular complexity index is 737. The fourth-order valence-corrected chi connectivity index (χ4v) is 2.64. The lowest BCUT2D eigenvalue weighted by molar-refractivity contribution is -0.123. The van der Waals surface area contributed by atoms with E-state index in [0.717, 1.165) is 23.3 Å². The van der Waals surface area contributed by atoms with E-state index in [1.54, 1.807) is 0 Å². The topological polar surface area (TPSA) is 116 Å². The highest BCUT2D eigenvalue weighted by Crippen LogP contribution is 2.11. The summed E-state index contributed by atoms with van der Waals surface area (Å²) in [6.07, 6.45) is 1.89. The Morgan fingerprint density at radius 3 is 2.96 bits per heavy atom. The number of rotatable bonds is 5. The van der Waals surface area contributed by atoms with Crippen molar-refractivity contribution in [2.45, 2.75) is 31.7 Å². The van der Waals surface area contributed by atoms with E-state index >= 15 is 0 Å². The molecule has 3 rings (SSSR count). The van der Waals surface area contributed by atoms with Crippen LogP contribution < -0.4 is 16.0 Å². The van der Waals surface area contributed by atoms with Crippen molar-refractivity contribution in [1.82, 2.24) is 25.9 Å². The molecule has 126 valence electrons. The van der Waals surface area contributed by atoms with Gasteiger partial charge in [-0.2, -0.15) is 0 Å². The van der Waals surface area contributed by atoms with E-state index in [2.05, 4.69) is 25.9 Å². The van der Waals surface area contributed by atoms with E-state index in [9.17, 15) is 14.4 Å². The third-order valence-corrected chi connectivity index (χ3v) is 3.86. The Hall–Kier alpha value is -2.90. The Balaban J connectivity index is 1.44. The number of imide groups is 1. The summed E-state index contributed by atoms with van der Waals surface area (Å²) in [5.41, 5.74) is 1.92. The van der Waals surface area contributed by atoms with Gasteiger partial charge in [0.05, 0.1) is 11.0 Å². The van der Waals surface area contributed by atoms with Crippen LogP contribution in [0.3, 0.4) is 0 Å². The van der Waals surface area contributed by atoms with Crippen molar-refractivity contribution in [3.63, 3.8) is 0 Å². The number of urea groups is 1.